The first kappa shape index (κ1) is 24.8. The number of aliphatic hydroxyl groups excluding tert-OH is 1. The molecule has 2 atom stereocenters. The number of aliphatic hydroxyl groups is 1. The number of benzene rings is 3. The summed E-state index contributed by atoms with van der Waals surface area (Å²) in [7, 11) is 1.57. The Balaban J connectivity index is 1.78. The van der Waals surface area contributed by atoms with Gasteiger partial charge in [-0.25, -0.2) is 4.99 Å². The van der Waals surface area contributed by atoms with Gasteiger partial charge in [0.25, 0.3) is 5.91 Å². The normalized spacial score (nSPS) is 18.5. The largest absolute Gasteiger partial charge is 0.494 e. The summed E-state index contributed by atoms with van der Waals surface area (Å²) in [6.45, 7) is 0.474. The summed E-state index contributed by atoms with van der Waals surface area (Å²) in [5.74, 6) is 0.674. The smallest absolute Gasteiger partial charge is 0.252 e. The van der Waals surface area contributed by atoms with E-state index in [0.29, 0.717) is 41.5 Å². The second-order valence-electron chi connectivity index (χ2n) is 8.27. The molecule has 1 aliphatic rings. The molecule has 0 spiro atoms. The summed E-state index contributed by atoms with van der Waals surface area (Å²) in [6.07, 6.45) is -0.0106. The van der Waals surface area contributed by atoms with Crippen molar-refractivity contribution in [2.24, 2.45) is 10.1 Å². The Kier molecular flexibility index (Phi) is 7.85. The second-order valence-corrected chi connectivity index (χ2v) is 8.27. The summed E-state index contributed by atoms with van der Waals surface area (Å²) in [5.41, 5.74) is 10.3. The van der Waals surface area contributed by atoms with E-state index in [4.69, 9.17) is 25.1 Å². The van der Waals surface area contributed by atoms with Crippen LogP contribution in [0.2, 0.25) is 0 Å². The first-order chi connectivity index (χ1) is 17.6. The van der Waals surface area contributed by atoms with Crippen LogP contribution in [-0.2, 0) is 16.0 Å². The van der Waals surface area contributed by atoms with E-state index in [9.17, 15) is 4.79 Å². The lowest BCUT2D eigenvalue weighted by Crippen LogP contribution is -2.48. The van der Waals surface area contributed by atoms with Gasteiger partial charge in [0.1, 0.15) is 5.75 Å². The molecular formula is C27H27N5O4. The Morgan fingerprint density at radius 1 is 1.14 bits per heavy atom. The number of nitrogens with one attached hydrogen (secondary N) is 1. The minimum Gasteiger partial charge on any atom is -0.494 e. The molecule has 0 saturated heterocycles. The Labute approximate surface area is 209 Å². The van der Waals surface area contributed by atoms with Crippen molar-refractivity contribution in [2.45, 2.75) is 24.5 Å². The van der Waals surface area contributed by atoms with E-state index in [0.717, 1.165) is 5.56 Å². The molecule has 184 valence electrons. The van der Waals surface area contributed by atoms with Crippen molar-refractivity contribution in [3.63, 3.8) is 0 Å². The standard InChI is InChI=1S/C27H27N5O4/c1-29-26(34)27(18-21-10-5-6-11-23(21)31-32-28)24(19-8-3-2-4-9-19)36-25(30-27)20-12-14-22(15-13-20)35-17-7-16-33/h2-6,8-15,24,33H,7,16-18H2,1H3,(H,29,34)/t24-,27-/m1/s1. The molecule has 0 bridgehead atoms. The van der Waals surface area contributed by atoms with E-state index >= 15 is 0 Å². The fourth-order valence-electron chi connectivity index (χ4n) is 4.22. The topological polar surface area (TPSA) is 129 Å². The van der Waals surface area contributed by atoms with Gasteiger partial charge in [-0.1, -0.05) is 59.7 Å². The van der Waals surface area contributed by atoms with Gasteiger partial charge in [0.2, 0.25) is 5.90 Å². The summed E-state index contributed by atoms with van der Waals surface area (Å²) in [6, 6.07) is 23.9. The Bertz CT molecular complexity index is 1270. The van der Waals surface area contributed by atoms with E-state index in [-0.39, 0.29) is 18.9 Å². The summed E-state index contributed by atoms with van der Waals surface area (Å²) >= 11 is 0. The highest BCUT2D eigenvalue weighted by Gasteiger charge is 2.53. The highest BCUT2D eigenvalue weighted by molar-refractivity contribution is 6.01. The maximum atomic E-state index is 13.5. The van der Waals surface area contributed by atoms with Gasteiger partial charge in [0, 0.05) is 42.7 Å². The number of hydrogen-bond donors (Lipinski definition) is 2. The van der Waals surface area contributed by atoms with Crippen LogP contribution in [0.1, 0.15) is 29.2 Å². The van der Waals surface area contributed by atoms with Gasteiger partial charge in [0.05, 0.1) is 6.61 Å². The van der Waals surface area contributed by atoms with Gasteiger partial charge in [-0.15, -0.1) is 0 Å². The number of amides is 1. The van der Waals surface area contributed by atoms with Crippen molar-refractivity contribution in [3.05, 3.63) is 106 Å². The third-order valence-electron chi connectivity index (χ3n) is 5.96. The lowest BCUT2D eigenvalue weighted by molar-refractivity contribution is -0.128. The highest BCUT2D eigenvalue weighted by atomic mass is 16.5. The number of aliphatic imine (C=N–C) groups is 1. The van der Waals surface area contributed by atoms with Crippen LogP contribution < -0.4 is 10.1 Å². The molecule has 0 fully saturated rings. The average molecular weight is 486 g/mol. The molecule has 9 heteroatoms. The number of ether oxygens (including phenoxy) is 2. The number of rotatable bonds is 10. The second kappa shape index (κ2) is 11.4. The maximum Gasteiger partial charge on any atom is 0.252 e. The van der Waals surface area contributed by atoms with Gasteiger partial charge in [-0.05, 0) is 40.9 Å². The van der Waals surface area contributed by atoms with Crippen LogP contribution in [0.4, 0.5) is 5.69 Å². The van der Waals surface area contributed by atoms with Gasteiger partial charge in [0.15, 0.2) is 11.6 Å². The zero-order valence-electron chi connectivity index (χ0n) is 19.9. The van der Waals surface area contributed by atoms with Crippen LogP contribution in [-0.4, -0.2) is 42.7 Å². The van der Waals surface area contributed by atoms with Crippen molar-refractivity contribution < 1.29 is 19.4 Å². The number of nitrogens with zero attached hydrogens (tertiary/aromatic N) is 4. The van der Waals surface area contributed by atoms with E-state index in [2.05, 4.69) is 15.3 Å². The predicted octanol–water partition coefficient (Wildman–Crippen LogP) is 4.64. The number of hydrogen-bond acceptors (Lipinski definition) is 6. The summed E-state index contributed by atoms with van der Waals surface area (Å²) in [4.78, 5) is 21.4. The first-order valence-electron chi connectivity index (χ1n) is 11.6. The van der Waals surface area contributed by atoms with Crippen molar-refractivity contribution in [1.29, 1.82) is 0 Å². The molecule has 36 heavy (non-hydrogen) atoms. The van der Waals surface area contributed by atoms with E-state index in [1.54, 1.807) is 31.3 Å². The van der Waals surface area contributed by atoms with Crippen molar-refractivity contribution >= 4 is 17.5 Å². The molecule has 0 radical (unpaired) electrons. The van der Waals surface area contributed by atoms with Crippen molar-refractivity contribution in [1.82, 2.24) is 5.32 Å². The minimum atomic E-state index is -1.34. The molecule has 0 aliphatic carbocycles. The molecule has 2 N–H and O–H groups in total. The predicted molar refractivity (Wildman–Crippen MR) is 136 cm³/mol. The molecule has 1 aliphatic heterocycles. The lowest BCUT2D eigenvalue weighted by atomic mass is 9.81. The minimum absolute atomic E-state index is 0.0635. The number of carbonyl (C=O) groups is 1. The van der Waals surface area contributed by atoms with E-state index < -0.39 is 11.6 Å². The van der Waals surface area contributed by atoms with Crippen LogP contribution in [0.5, 0.6) is 5.75 Å². The van der Waals surface area contributed by atoms with Crippen LogP contribution in [0.25, 0.3) is 10.4 Å². The van der Waals surface area contributed by atoms with Gasteiger partial charge < -0.3 is 19.9 Å². The molecular weight excluding hydrogens is 458 g/mol. The maximum absolute atomic E-state index is 13.5. The number of azide groups is 1. The Hall–Kier alpha value is -4.33. The van der Waals surface area contributed by atoms with E-state index in [1.807, 2.05) is 54.6 Å². The quantitative estimate of drug-likeness (QED) is 0.188. The third-order valence-corrected chi connectivity index (χ3v) is 5.96. The third kappa shape index (κ3) is 5.17. The van der Waals surface area contributed by atoms with Gasteiger partial charge in [-0.2, -0.15) is 0 Å². The molecule has 9 nitrogen and oxygen atoms in total. The fraction of sp³-hybridized carbons (Fsp3) is 0.259. The molecule has 3 aromatic rings. The molecule has 3 aromatic carbocycles. The van der Waals surface area contributed by atoms with Crippen LogP contribution >= 0.6 is 0 Å². The Morgan fingerprint density at radius 2 is 1.86 bits per heavy atom. The molecule has 0 unspecified atom stereocenters. The summed E-state index contributed by atoms with van der Waals surface area (Å²) < 4.78 is 12.0. The number of likely N-dealkylation sites (N-methyl/N-ethyl adjacent to an activating group) is 1. The SMILES string of the molecule is CNC(=O)[C@]1(Cc2ccccc2N=[N+]=[N-])N=C(c2ccc(OCCCO)cc2)O[C@@H]1c1ccccc1. The lowest BCUT2D eigenvalue weighted by Gasteiger charge is -2.30. The molecule has 1 amide bonds. The van der Waals surface area contributed by atoms with E-state index in [1.165, 1.54) is 0 Å². The monoisotopic (exact) mass is 485 g/mol. The van der Waals surface area contributed by atoms with Crippen LogP contribution in [0.15, 0.2) is 89.0 Å². The van der Waals surface area contributed by atoms with Gasteiger partial charge in [-0.3, -0.25) is 4.79 Å². The zero-order valence-corrected chi connectivity index (χ0v) is 19.9. The van der Waals surface area contributed by atoms with Crippen molar-refractivity contribution in [2.75, 3.05) is 20.3 Å². The van der Waals surface area contributed by atoms with Crippen molar-refractivity contribution in [3.8, 4) is 5.75 Å². The molecule has 4 rings (SSSR count). The van der Waals surface area contributed by atoms with Crippen LogP contribution in [0.3, 0.4) is 0 Å². The number of carbonyl (C=O) groups excluding carboxylic acids is 1. The average Bonchev–Trinajstić information content (AvgIpc) is 3.31. The molecule has 0 saturated carbocycles. The summed E-state index contributed by atoms with van der Waals surface area (Å²) in [5, 5.41) is 15.5. The highest BCUT2D eigenvalue weighted by Crippen LogP contribution is 2.43. The fourth-order valence-corrected chi connectivity index (χ4v) is 4.22. The zero-order chi connectivity index (χ0) is 25.4. The molecule has 0 aromatic heterocycles. The molecule has 1 heterocycles. The Morgan fingerprint density at radius 3 is 2.56 bits per heavy atom. The first-order valence-corrected chi connectivity index (χ1v) is 11.6. The van der Waals surface area contributed by atoms with Gasteiger partial charge >= 0.3 is 0 Å². The van der Waals surface area contributed by atoms with Crippen LogP contribution in [0, 0.1) is 0 Å².